The molecule has 2 N–H and O–H groups in total. The molecule has 1 aromatic heterocycles. The molecule has 0 unspecified atom stereocenters. The van der Waals surface area contributed by atoms with Crippen molar-refractivity contribution in [2.24, 2.45) is 5.10 Å². The van der Waals surface area contributed by atoms with Crippen LogP contribution in [-0.4, -0.2) is 34.2 Å². The van der Waals surface area contributed by atoms with Crippen molar-refractivity contribution in [1.29, 1.82) is 0 Å². The first-order chi connectivity index (χ1) is 15.8. The average molecular weight is 456 g/mol. The van der Waals surface area contributed by atoms with E-state index in [1.165, 1.54) is 31.5 Å². The van der Waals surface area contributed by atoms with Crippen LogP contribution < -0.4 is 14.9 Å². The molecule has 0 aliphatic rings. The van der Waals surface area contributed by atoms with Crippen molar-refractivity contribution in [3.8, 4) is 11.5 Å². The molecular weight excluding hydrogens is 440 g/mol. The number of carboxylic acids is 1. The van der Waals surface area contributed by atoms with Crippen molar-refractivity contribution in [3.05, 3.63) is 85.8 Å². The van der Waals surface area contributed by atoms with Gasteiger partial charge in [0, 0.05) is 6.07 Å². The molecule has 170 valence electrons. The Hall–Kier alpha value is -4.94. The number of carbonyl (C=O) groups is 1. The number of nitrogens with one attached hydrogen (secondary N) is 1. The van der Waals surface area contributed by atoms with Crippen LogP contribution in [-0.2, 0) is 6.61 Å². The van der Waals surface area contributed by atoms with Crippen molar-refractivity contribution in [2.45, 2.75) is 6.61 Å². The maximum Gasteiger partial charge on any atom is 0.371 e. The fourth-order valence-corrected chi connectivity index (χ4v) is 2.66. The van der Waals surface area contributed by atoms with Gasteiger partial charge in [-0.15, -0.1) is 0 Å². The number of furan rings is 1. The van der Waals surface area contributed by atoms with E-state index in [9.17, 15) is 25.0 Å². The molecular formula is C20H16N4O9. The van der Waals surface area contributed by atoms with E-state index in [-0.39, 0.29) is 18.1 Å². The van der Waals surface area contributed by atoms with Crippen molar-refractivity contribution in [2.75, 3.05) is 12.5 Å². The van der Waals surface area contributed by atoms with Crippen LogP contribution in [0.1, 0.15) is 21.9 Å². The highest BCUT2D eigenvalue weighted by molar-refractivity contribution is 5.84. The van der Waals surface area contributed by atoms with Crippen LogP contribution in [0.3, 0.4) is 0 Å². The Kier molecular flexibility index (Phi) is 6.83. The number of hydrogen-bond donors (Lipinski definition) is 2. The van der Waals surface area contributed by atoms with Gasteiger partial charge < -0.3 is 19.0 Å². The highest BCUT2D eigenvalue weighted by atomic mass is 16.6. The van der Waals surface area contributed by atoms with Crippen LogP contribution in [0.4, 0.5) is 17.1 Å². The smallest absolute Gasteiger partial charge is 0.371 e. The van der Waals surface area contributed by atoms with Crippen LogP contribution in [0.25, 0.3) is 0 Å². The summed E-state index contributed by atoms with van der Waals surface area (Å²) in [6.07, 6.45) is 1.36. The third-order valence-electron chi connectivity index (χ3n) is 4.22. The molecule has 2 aromatic carbocycles. The second kappa shape index (κ2) is 9.91. The summed E-state index contributed by atoms with van der Waals surface area (Å²) < 4.78 is 16.0. The molecule has 0 bridgehead atoms. The Labute approximate surface area is 185 Å². The predicted molar refractivity (Wildman–Crippen MR) is 114 cm³/mol. The number of nitro benzene ring substituents is 2. The summed E-state index contributed by atoms with van der Waals surface area (Å²) in [7, 11) is 1.43. The molecule has 33 heavy (non-hydrogen) atoms. The molecule has 0 saturated carbocycles. The van der Waals surface area contributed by atoms with E-state index in [1.807, 2.05) is 0 Å². The summed E-state index contributed by atoms with van der Waals surface area (Å²) in [6, 6.07) is 10.8. The second-order valence-corrected chi connectivity index (χ2v) is 6.36. The van der Waals surface area contributed by atoms with E-state index >= 15 is 0 Å². The maximum atomic E-state index is 11.2. The van der Waals surface area contributed by atoms with Crippen LogP contribution in [0.5, 0.6) is 11.5 Å². The zero-order valence-corrected chi connectivity index (χ0v) is 17.0. The number of nitrogens with zero attached hydrogens (tertiary/aromatic N) is 3. The van der Waals surface area contributed by atoms with Gasteiger partial charge in [-0.3, -0.25) is 25.7 Å². The van der Waals surface area contributed by atoms with Crippen molar-refractivity contribution in [3.63, 3.8) is 0 Å². The van der Waals surface area contributed by atoms with Crippen LogP contribution in [0, 0.1) is 20.2 Å². The second-order valence-electron chi connectivity index (χ2n) is 6.36. The number of nitro groups is 2. The first-order valence-corrected chi connectivity index (χ1v) is 9.13. The van der Waals surface area contributed by atoms with Crippen molar-refractivity contribution in [1.82, 2.24) is 0 Å². The maximum absolute atomic E-state index is 11.2. The lowest BCUT2D eigenvalue weighted by Crippen LogP contribution is -1.99. The SMILES string of the molecule is COc1cc(/C=N\Nc2ccc([N+](=O)[O-])cc2[N+](=O)[O-])ccc1OCc1ccc(C(=O)O)o1. The molecule has 0 fully saturated rings. The van der Waals surface area contributed by atoms with E-state index in [0.717, 1.165) is 12.1 Å². The van der Waals surface area contributed by atoms with E-state index in [0.29, 0.717) is 22.8 Å². The summed E-state index contributed by atoms with van der Waals surface area (Å²) >= 11 is 0. The molecule has 0 radical (unpaired) electrons. The Morgan fingerprint density at radius 1 is 1.12 bits per heavy atom. The van der Waals surface area contributed by atoms with Crippen molar-refractivity contribution >= 4 is 29.2 Å². The van der Waals surface area contributed by atoms with Crippen LogP contribution in [0.2, 0.25) is 0 Å². The molecule has 0 atom stereocenters. The van der Waals surface area contributed by atoms with Gasteiger partial charge in [0.25, 0.3) is 5.69 Å². The van der Waals surface area contributed by atoms with Gasteiger partial charge in [-0.05, 0) is 42.0 Å². The summed E-state index contributed by atoms with van der Waals surface area (Å²) in [5.74, 6) is -0.357. The number of carboxylic acid groups (broad SMARTS) is 1. The van der Waals surface area contributed by atoms with Gasteiger partial charge in [0.1, 0.15) is 18.1 Å². The molecule has 3 rings (SSSR count). The van der Waals surface area contributed by atoms with Gasteiger partial charge in [0.05, 0.1) is 29.2 Å². The fraction of sp³-hybridized carbons (Fsp3) is 0.100. The summed E-state index contributed by atoms with van der Waals surface area (Å²) in [5.41, 5.74) is 2.12. The third kappa shape index (κ3) is 5.61. The average Bonchev–Trinajstić information content (AvgIpc) is 3.27. The van der Waals surface area contributed by atoms with Gasteiger partial charge in [-0.2, -0.15) is 5.10 Å². The Balaban J connectivity index is 1.70. The molecule has 0 aliphatic heterocycles. The van der Waals surface area contributed by atoms with Gasteiger partial charge in [0.2, 0.25) is 5.76 Å². The number of non-ortho nitro benzene ring substituents is 1. The van der Waals surface area contributed by atoms with E-state index in [1.54, 1.807) is 18.2 Å². The summed E-state index contributed by atoms with van der Waals surface area (Å²) in [6.45, 7) is -0.0254. The fourth-order valence-electron chi connectivity index (χ4n) is 2.66. The number of benzene rings is 2. The van der Waals surface area contributed by atoms with Crippen molar-refractivity contribution < 1.29 is 33.6 Å². The zero-order chi connectivity index (χ0) is 24.0. The minimum Gasteiger partial charge on any atom is -0.493 e. The number of anilines is 1. The van der Waals surface area contributed by atoms with Gasteiger partial charge in [-0.1, -0.05) is 0 Å². The zero-order valence-electron chi connectivity index (χ0n) is 17.0. The van der Waals surface area contributed by atoms with E-state index in [4.69, 9.17) is 19.0 Å². The summed E-state index contributed by atoms with van der Waals surface area (Å²) in [4.78, 5) is 31.4. The van der Waals surface area contributed by atoms with Crippen LogP contribution >= 0.6 is 0 Å². The number of methoxy groups -OCH3 is 1. The van der Waals surface area contributed by atoms with E-state index in [2.05, 4.69) is 10.5 Å². The molecule has 13 heteroatoms. The lowest BCUT2D eigenvalue weighted by Gasteiger charge is -2.10. The quantitative estimate of drug-likeness (QED) is 0.258. The molecule has 0 spiro atoms. The topological polar surface area (TPSA) is 180 Å². The Morgan fingerprint density at radius 3 is 2.55 bits per heavy atom. The molecule has 0 saturated heterocycles. The number of hydrazone groups is 1. The standard InChI is InChI=1S/C20H16N4O9/c1-31-19-8-12(2-6-17(19)32-11-14-4-7-18(33-14)20(25)26)10-21-22-15-5-3-13(23(27)28)9-16(15)24(29)30/h2-10,22H,11H2,1H3,(H,25,26)/b21-10-. The first kappa shape index (κ1) is 22.7. The molecule has 3 aromatic rings. The number of ether oxygens (including phenoxy) is 2. The highest BCUT2D eigenvalue weighted by Crippen LogP contribution is 2.30. The largest absolute Gasteiger partial charge is 0.493 e. The van der Waals surface area contributed by atoms with E-state index < -0.39 is 27.2 Å². The van der Waals surface area contributed by atoms with Gasteiger partial charge in [0.15, 0.2) is 11.5 Å². The molecule has 0 amide bonds. The Morgan fingerprint density at radius 2 is 1.91 bits per heavy atom. The van der Waals surface area contributed by atoms with Gasteiger partial charge >= 0.3 is 11.7 Å². The highest BCUT2D eigenvalue weighted by Gasteiger charge is 2.19. The lowest BCUT2D eigenvalue weighted by atomic mass is 10.2. The molecule has 1 heterocycles. The van der Waals surface area contributed by atoms with Crippen LogP contribution in [0.15, 0.2) is 58.0 Å². The third-order valence-corrected chi connectivity index (χ3v) is 4.22. The number of hydrogen-bond acceptors (Lipinski definition) is 10. The number of rotatable bonds is 10. The Bertz CT molecular complexity index is 1240. The van der Waals surface area contributed by atoms with Gasteiger partial charge in [-0.25, -0.2) is 4.79 Å². The molecule has 13 nitrogen and oxygen atoms in total. The number of aromatic carboxylic acids is 1. The first-order valence-electron chi connectivity index (χ1n) is 9.13. The minimum absolute atomic E-state index is 0.0204. The normalized spacial score (nSPS) is 10.7. The summed E-state index contributed by atoms with van der Waals surface area (Å²) in [5, 5.41) is 34.8. The monoisotopic (exact) mass is 456 g/mol. The molecule has 0 aliphatic carbocycles. The minimum atomic E-state index is -1.19. The lowest BCUT2D eigenvalue weighted by molar-refractivity contribution is -0.393. The predicted octanol–water partition coefficient (Wildman–Crippen LogP) is 3.83.